The predicted octanol–water partition coefficient (Wildman–Crippen LogP) is 14.1. The van der Waals surface area contributed by atoms with Gasteiger partial charge in [-0.25, -0.2) is 4.57 Å². The number of rotatable bonds is 45. The smallest absolute Gasteiger partial charge is 0.387 e. The lowest BCUT2D eigenvalue weighted by Gasteiger charge is -2.23. The number of allylic oxidation sites excluding steroid dienone is 7. The van der Waals surface area contributed by atoms with Crippen molar-refractivity contribution in [3.8, 4) is 0 Å². The van der Waals surface area contributed by atoms with Gasteiger partial charge in [0.1, 0.15) is 0 Å². The number of unbranched alkanes of at least 4 members (excludes halogenated alkanes) is 27. The molecule has 0 aliphatic carbocycles. The fraction of sp³-hybridized carbons (Fsp3) is 0.816. The van der Waals surface area contributed by atoms with Gasteiger partial charge in [0, 0.05) is 13.0 Å². The van der Waals surface area contributed by atoms with E-state index < -0.39 is 20.0 Å². The molecule has 0 spiro atoms. The minimum atomic E-state index is -4.35. The average molecular weight is 837 g/mol. The van der Waals surface area contributed by atoms with E-state index in [1.165, 1.54) is 161 Å². The van der Waals surface area contributed by atoms with Crippen molar-refractivity contribution in [2.45, 2.75) is 238 Å². The van der Waals surface area contributed by atoms with Crippen LogP contribution >= 0.6 is 7.82 Å². The second kappa shape index (κ2) is 45.0. The van der Waals surface area contributed by atoms with Crippen LogP contribution in [0, 0.1) is 0 Å². The van der Waals surface area contributed by atoms with Crippen LogP contribution in [0.4, 0.5) is 0 Å². The van der Waals surface area contributed by atoms with Crippen LogP contribution in [0.5, 0.6) is 0 Å². The van der Waals surface area contributed by atoms with Crippen LogP contribution in [0.25, 0.3) is 0 Å². The lowest BCUT2D eigenvalue weighted by molar-refractivity contribution is -0.123. The Hall–Kier alpha value is -1.54. The lowest BCUT2D eigenvalue weighted by atomic mass is 10.0. The summed E-state index contributed by atoms with van der Waals surface area (Å²) < 4.78 is 22.2. The number of phosphoric acid groups is 1. The maximum Gasteiger partial charge on any atom is 0.472 e. The van der Waals surface area contributed by atoms with Crippen LogP contribution < -0.4 is 11.1 Å². The summed E-state index contributed by atoms with van der Waals surface area (Å²) in [7, 11) is -4.35. The highest BCUT2D eigenvalue weighted by atomic mass is 31.2. The van der Waals surface area contributed by atoms with E-state index in [2.05, 4.69) is 55.6 Å². The van der Waals surface area contributed by atoms with Crippen LogP contribution in [0.15, 0.2) is 48.6 Å². The van der Waals surface area contributed by atoms with Crippen LogP contribution in [-0.2, 0) is 18.4 Å². The normalized spacial score (nSPS) is 14.4. The molecule has 0 fully saturated rings. The Morgan fingerprint density at radius 2 is 0.914 bits per heavy atom. The summed E-state index contributed by atoms with van der Waals surface area (Å²) in [6.07, 6.45) is 56.0. The van der Waals surface area contributed by atoms with Gasteiger partial charge in [-0.05, 0) is 70.6 Å². The second-order valence-corrected chi connectivity index (χ2v) is 17.7. The highest BCUT2D eigenvalue weighted by Crippen LogP contribution is 2.43. The van der Waals surface area contributed by atoms with Gasteiger partial charge in [-0.15, -0.1) is 0 Å². The van der Waals surface area contributed by atoms with Gasteiger partial charge in [0.25, 0.3) is 0 Å². The number of carbonyl (C=O) groups is 1. The molecule has 0 bridgehead atoms. The minimum absolute atomic E-state index is 0.0707. The third-order valence-corrected chi connectivity index (χ3v) is 11.6. The number of aliphatic hydroxyl groups is 1. The molecule has 3 unspecified atom stereocenters. The van der Waals surface area contributed by atoms with Crippen molar-refractivity contribution >= 4 is 13.7 Å². The van der Waals surface area contributed by atoms with E-state index in [1.807, 2.05) is 6.08 Å². The van der Waals surface area contributed by atoms with Crippen molar-refractivity contribution < 1.29 is 28.4 Å². The molecule has 0 saturated heterocycles. The number of nitrogens with two attached hydrogens (primary N) is 1. The number of carbonyl (C=O) groups excluding carboxylic acids is 1. The maximum atomic E-state index is 12.8. The van der Waals surface area contributed by atoms with E-state index >= 15 is 0 Å². The van der Waals surface area contributed by atoms with E-state index in [1.54, 1.807) is 6.08 Å². The molecule has 8 nitrogen and oxygen atoms in total. The van der Waals surface area contributed by atoms with Gasteiger partial charge in [-0.2, -0.15) is 0 Å². The van der Waals surface area contributed by atoms with Crippen LogP contribution in [0.2, 0.25) is 0 Å². The topological polar surface area (TPSA) is 131 Å². The summed E-state index contributed by atoms with van der Waals surface area (Å²) in [6.45, 7) is 4.11. The van der Waals surface area contributed by atoms with E-state index in [-0.39, 0.29) is 25.7 Å². The summed E-state index contributed by atoms with van der Waals surface area (Å²) in [6, 6.07) is -0.885. The number of nitrogens with one attached hydrogen (secondary N) is 1. The molecule has 0 aliphatic heterocycles. The van der Waals surface area contributed by atoms with Crippen molar-refractivity contribution in [3.63, 3.8) is 0 Å². The molecule has 1 amide bonds. The number of hydrogen-bond acceptors (Lipinski definition) is 6. The number of phosphoric ester groups is 1. The van der Waals surface area contributed by atoms with Crippen molar-refractivity contribution in [1.82, 2.24) is 5.32 Å². The Bertz CT molecular complexity index is 1050. The van der Waals surface area contributed by atoms with Gasteiger partial charge < -0.3 is 21.1 Å². The largest absolute Gasteiger partial charge is 0.472 e. The van der Waals surface area contributed by atoms with Crippen LogP contribution in [0.1, 0.15) is 226 Å². The first-order chi connectivity index (χ1) is 28.4. The summed E-state index contributed by atoms with van der Waals surface area (Å²) in [5, 5.41) is 13.7. The van der Waals surface area contributed by atoms with Gasteiger partial charge in [0.15, 0.2) is 0 Å². The third-order valence-electron chi connectivity index (χ3n) is 10.6. The van der Waals surface area contributed by atoms with Gasteiger partial charge >= 0.3 is 7.82 Å². The van der Waals surface area contributed by atoms with Crippen molar-refractivity contribution in [2.75, 3.05) is 19.8 Å². The molecule has 0 aromatic carbocycles. The van der Waals surface area contributed by atoms with E-state index in [0.29, 0.717) is 6.42 Å². The van der Waals surface area contributed by atoms with Gasteiger partial charge in [0.05, 0.1) is 25.4 Å². The first kappa shape index (κ1) is 56.5. The molecule has 3 atom stereocenters. The quantitative estimate of drug-likeness (QED) is 0.0273. The van der Waals surface area contributed by atoms with E-state index in [9.17, 15) is 19.4 Å². The molecule has 0 aromatic heterocycles. The molecule has 340 valence electrons. The Kier molecular flexibility index (Phi) is 43.8. The van der Waals surface area contributed by atoms with Crippen molar-refractivity contribution in [2.24, 2.45) is 5.73 Å². The van der Waals surface area contributed by atoms with E-state index in [4.69, 9.17) is 14.8 Å². The Morgan fingerprint density at radius 1 is 0.552 bits per heavy atom. The number of aliphatic hydroxyl groups excluding tert-OH is 1. The Morgan fingerprint density at radius 3 is 1.33 bits per heavy atom. The monoisotopic (exact) mass is 837 g/mol. The molecule has 0 radical (unpaired) electrons. The van der Waals surface area contributed by atoms with Crippen LogP contribution in [-0.4, -0.2) is 47.8 Å². The molecular formula is C49H93N2O6P. The molecule has 0 aromatic rings. The average Bonchev–Trinajstić information content (AvgIpc) is 3.21. The fourth-order valence-corrected chi connectivity index (χ4v) is 7.68. The van der Waals surface area contributed by atoms with Gasteiger partial charge in [-0.3, -0.25) is 13.8 Å². The van der Waals surface area contributed by atoms with Crippen molar-refractivity contribution in [3.05, 3.63) is 48.6 Å². The molecule has 58 heavy (non-hydrogen) atoms. The zero-order valence-electron chi connectivity index (χ0n) is 37.8. The highest BCUT2D eigenvalue weighted by molar-refractivity contribution is 7.47. The SMILES string of the molecule is CCCCCCCCCC/C=C\CCCCCCCCCCCC(=O)NC(COP(=O)(O)OCCN)C(O)/C=C/CC/C=C/CC/C=C/CCCCCCCCCC. The standard InChI is InChI=1S/C49H93N2O6P/c1-3-5-7-9-11-13-15-17-19-21-23-24-25-27-29-31-33-35-37-39-41-43-49(53)51-47(46-57-58(54,55)56-45-44-50)48(52)42-40-38-36-34-32-30-28-26-22-20-18-16-14-12-10-8-6-4-2/h21-23,26,32,34,40,42,47-48,52H,3-20,24-25,27-31,33,35-39,41,43-46,50H2,1-2H3,(H,51,53)(H,54,55)/b23-21-,26-22+,34-32+,42-40+. The number of hydrogen-bond donors (Lipinski definition) is 4. The minimum Gasteiger partial charge on any atom is -0.387 e. The fourth-order valence-electron chi connectivity index (χ4n) is 6.92. The van der Waals surface area contributed by atoms with Crippen LogP contribution in [0.3, 0.4) is 0 Å². The summed E-state index contributed by atoms with van der Waals surface area (Å²) in [4.78, 5) is 22.8. The molecular weight excluding hydrogens is 744 g/mol. The van der Waals surface area contributed by atoms with E-state index in [0.717, 1.165) is 44.9 Å². The maximum absolute atomic E-state index is 12.8. The first-order valence-electron chi connectivity index (χ1n) is 24.3. The summed E-state index contributed by atoms with van der Waals surface area (Å²) in [5.74, 6) is -0.210. The molecule has 0 heterocycles. The molecule has 0 saturated carbocycles. The predicted molar refractivity (Wildman–Crippen MR) is 249 cm³/mol. The molecule has 9 heteroatoms. The summed E-state index contributed by atoms with van der Waals surface area (Å²) >= 11 is 0. The third kappa shape index (κ3) is 42.6. The highest BCUT2D eigenvalue weighted by Gasteiger charge is 2.26. The lowest BCUT2D eigenvalue weighted by Crippen LogP contribution is -2.45. The number of amides is 1. The summed E-state index contributed by atoms with van der Waals surface area (Å²) in [5.41, 5.74) is 5.38. The zero-order valence-corrected chi connectivity index (χ0v) is 38.7. The Balaban J connectivity index is 4.20. The zero-order chi connectivity index (χ0) is 42.5. The molecule has 0 aliphatic rings. The molecule has 5 N–H and O–H groups in total. The van der Waals surface area contributed by atoms with Crippen molar-refractivity contribution in [1.29, 1.82) is 0 Å². The first-order valence-corrected chi connectivity index (χ1v) is 25.8. The second-order valence-electron chi connectivity index (χ2n) is 16.3. The van der Waals surface area contributed by atoms with Gasteiger partial charge in [0.2, 0.25) is 5.91 Å². The molecule has 0 rings (SSSR count). The Labute approximate surface area is 358 Å². The van der Waals surface area contributed by atoms with Gasteiger partial charge in [-0.1, -0.05) is 197 Å².